The van der Waals surface area contributed by atoms with E-state index in [0.29, 0.717) is 24.7 Å². The lowest BCUT2D eigenvalue weighted by Crippen LogP contribution is -2.36. The van der Waals surface area contributed by atoms with Crippen LogP contribution in [0.25, 0.3) is 0 Å². The van der Waals surface area contributed by atoms with Gasteiger partial charge in [-0.1, -0.05) is 23.7 Å². The molecule has 1 aromatic carbocycles. The average molecular weight is 333 g/mol. The monoisotopic (exact) mass is 332 g/mol. The second kappa shape index (κ2) is 7.07. The van der Waals surface area contributed by atoms with Gasteiger partial charge in [0.05, 0.1) is 19.0 Å². The van der Waals surface area contributed by atoms with Gasteiger partial charge in [0.15, 0.2) is 0 Å². The zero-order valence-corrected chi connectivity index (χ0v) is 13.8. The van der Waals surface area contributed by atoms with Gasteiger partial charge < -0.3 is 10.1 Å². The van der Waals surface area contributed by atoms with Crippen molar-refractivity contribution in [3.8, 4) is 0 Å². The number of halogens is 1. The van der Waals surface area contributed by atoms with Gasteiger partial charge in [-0.2, -0.15) is 0 Å². The van der Waals surface area contributed by atoms with Crippen molar-refractivity contribution in [2.75, 3.05) is 32.5 Å². The molecular weight excluding hydrogens is 312 g/mol. The van der Waals surface area contributed by atoms with Crippen molar-refractivity contribution in [3.05, 3.63) is 34.3 Å². The third-order valence-electron chi connectivity index (χ3n) is 3.54. The summed E-state index contributed by atoms with van der Waals surface area (Å²) in [5.41, 5.74) is 1.99. The molecule has 0 bridgehead atoms. The molecule has 0 aromatic heterocycles. The topological polar surface area (TPSA) is 67.4 Å². The van der Waals surface area contributed by atoms with Crippen molar-refractivity contribution in [3.63, 3.8) is 0 Å². The molecule has 0 spiro atoms. The predicted molar refractivity (Wildman–Crippen MR) is 84.1 cm³/mol. The minimum atomic E-state index is -3.22. The Bertz CT molecular complexity index is 592. The largest absolute Gasteiger partial charge is 0.372 e. The van der Waals surface area contributed by atoms with Crippen molar-refractivity contribution in [2.45, 2.75) is 13.0 Å². The van der Waals surface area contributed by atoms with E-state index in [-0.39, 0.29) is 12.0 Å². The third-order valence-corrected chi connectivity index (χ3v) is 4.64. The quantitative estimate of drug-likeness (QED) is 0.876. The molecule has 1 aromatic rings. The van der Waals surface area contributed by atoms with Crippen LogP contribution < -0.4 is 10.0 Å². The van der Waals surface area contributed by atoms with Crippen LogP contribution in [0.4, 0.5) is 0 Å². The SMILES string of the molecule is Cc1ccc(C2OCCNCC2CNS(C)(=O)=O)cc1Cl. The molecule has 0 saturated carbocycles. The molecule has 0 radical (unpaired) electrons. The lowest BCUT2D eigenvalue weighted by Gasteiger charge is -2.25. The van der Waals surface area contributed by atoms with Crippen molar-refractivity contribution >= 4 is 21.6 Å². The smallest absolute Gasteiger partial charge is 0.208 e. The molecule has 1 saturated heterocycles. The van der Waals surface area contributed by atoms with Gasteiger partial charge in [-0.05, 0) is 24.1 Å². The van der Waals surface area contributed by atoms with E-state index in [1.54, 1.807) is 0 Å². The van der Waals surface area contributed by atoms with Gasteiger partial charge in [-0.15, -0.1) is 0 Å². The van der Waals surface area contributed by atoms with Gasteiger partial charge in [-0.25, -0.2) is 13.1 Å². The number of nitrogens with one attached hydrogen (secondary N) is 2. The zero-order chi connectivity index (χ0) is 15.5. The highest BCUT2D eigenvalue weighted by Crippen LogP contribution is 2.30. The first kappa shape index (κ1) is 16.7. The van der Waals surface area contributed by atoms with Crippen LogP contribution >= 0.6 is 11.6 Å². The Labute approximate surface area is 131 Å². The Balaban J connectivity index is 2.20. The summed E-state index contributed by atoms with van der Waals surface area (Å²) in [4.78, 5) is 0. The van der Waals surface area contributed by atoms with E-state index in [0.717, 1.165) is 23.9 Å². The van der Waals surface area contributed by atoms with Crippen LogP contribution in [0.3, 0.4) is 0 Å². The molecule has 2 unspecified atom stereocenters. The minimum absolute atomic E-state index is 0.0148. The number of aryl methyl sites for hydroxylation is 1. The fraction of sp³-hybridized carbons (Fsp3) is 0.571. The summed E-state index contributed by atoms with van der Waals surface area (Å²) < 4.78 is 31.1. The van der Waals surface area contributed by atoms with Crippen LogP contribution in [0.2, 0.25) is 5.02 Å². The molecule has 21 heavy (non-hydrogen) atoms. The summed E-state index contributed by atoms with van der Waals surface area (Å²) in [5, 5.41) is 3.96. The van der Waals surface area contributed by atoms with E-state index in [9.17, 15) is 8.42 Å². The summed E-state index contributed by atoms with van der Waals surface area (Å²) in [7, 11) is -3.22. The fourth-order valence-corrected chi connectivity index (χ4v) is 3.09. The van der Waals surface area contributed by atoms with Crippen LogP contribution in [0, 0.1) is 12.8 Å². The van der Waals surface area contributed by atoms with E-state index in [4.69, 9.17) is 16.3 Å². The number of hydrogen-bond donors (Lipinski definition) is 2. The average Bonchev–Trinajstić information content (AvgIpc) is 2.64. The molecule has 1 aliphatic heterocycles. The standard InChI is InChI=1S/C14H21ClN2O3S/c1-10-3-4-11(7-13(10)15)14-12(8-16-5-6-20-14)9-17-21(2,18)19/h3-4,7,12,14,16-17H,5-6,8-9H2,1-2H3. The number of benzene rings is 1. The van der Waals surface area contributed by atoms with Crippen LogP contribution in [0.15, 0.2) is 18.2 Å². The molecule has 5 nitrogen and oxygen atoms in total. The minimum Gasteiger partial charge on any atom is -0.372 e. The highest BCUT2D eigenvalue weighted by molar-refractivity contribution is 7.88. The predicted octanol–water partition coefficient (Wildman–Crippen LogP) is 1.47. The second-order valence-corrected chi connectivity index (χ2v) is 7.63. The molecule has 0 amide bonds. The molecule has 2 atom stereocenters. The summed E-state index contributed by atoms with van der Waals surface area (Å²) >= 11 is 6.19. The Morgan fingerprint density at radius 1 is 1.48 bits per heavy atom. The van der Waals surface area contributed by atoms with Crippen LogP contribution in [0.5, 0.6) is 0 Å². The maximum atomic E-state index is 11.3. The molecular formula is C14H21ClN2O3S. The van der Waals surface area contributed by atoms with Crippen molar-refractivity contribution < 1.29 is 13.2 Å². The van der Waals surface area contributed by atoms with Crippen LogP contribution in [0.1, 0.15) is 17.2 Å². The van der Waals surface area contributed by atoms with E-state index < -0.39 is 10.0 Å². The molecule has 0 aliphatic carbocycles. The lowest BCUT2D eigenvalue weighted by molar-refractivity contribution is 0.0322. The number of rotatable bonds is 4. The first-order chi connectivity index (χ1) is 9.87. The van der Waals surface area contributed by atoms with Crippen molar-refractivity contribution in [1.82, 2.24) is 10.0 Å². The third kappa shape index (κ3) is 4.93. The van der Waals surface area contributed by atoms with Gasteiger partial charge >= 0.3 is 0 Å². The first-order valence-electron chi connectivity index (χ1n) is 6.90. The molecule has 2 N–H and O–H groups in total. The first-order valence-corrected chi connectivity index (χ1v) is 9.17. The van der Waals surface area contributed by atoms with E-state index in [2.05, 4.69) is 10.0 Å². The summed E-state index contributed by atoms with van der Waals surface area (Å²) in [5.74, 6) is 0.0148. The summed E-state index contributed by atoms with van der Waals surface area (Å²) in [6, 6.07) is 5.85. The zero-order valence-electron chi connectivity index (χ0n) is 12.2. The molecule has 2 rings (SSSR count). The molecule has 7 heteroatoms. The van der Waals surface area contributed by atoms with Gasteiger partial charge in [0.1, 0.15) is 0 Å². The summed E-state index contributed by atoms with van der Waals surface area (Å²) in [6.07, 6.45) is 0.989. The van der Waals surface area contributed by atoms with E-state index >= 15 is 0 Å². The second-order valence-electron chi connectivity index (χ2n) is 5.38. The van der Waals surface area contributed by atoms with E-state index in [1.807, 2.05) is 25.1 Å². The highest BCUT2D eigenvalue weighted by atomic mass is 35.5. The number of sulfonamides is 1. The lowest BCUT2D eigenvalue weighted by atomic mass is 9.95. The van der Waals surface area contributed by atoms with Crippen LogP contribution in [-0.4, -0.2) is 40.9 Å². The van der Waals surface area contributed by atoms with Crippen LogP contribution in [-0.2, 0) is 14.8 Å². The van der Waals surface area contributed by atoms with Gasteiger partial charge in [0.2, 0.25) is 10.0 Å². The summed E-state index contributed by atoms with van der Waals surface area (Å²) in [6.45, 7) is 4.32. The van der Waals surface area contributed by atoms with Gasteiger partial charge in [0, 0.05) is 30.6 Å². The normalized spacial score (nSPS) is 23.8. The Hall–Kier alpha value is -0.660. The molecule has 1 aliphatic rings. The van der Waals surface area contributed by atoms with Gasteiger partial charge in [-0.3, -0.25) is 0 Å². The Morgan fingerprint density at radius 2 is 2.24 bits per heavy atom. The molecule has 1 heterocycles. The van der Waals surface area contributed by atoms with Crippen molar-refractivity contribution in [1.29, 1.82) is 0 Å². The maximum absolute atomic E-state index is 11.3. The maximum Gasteiger partial charge on any atom is 0.208 e. The number of ether oxygens (including phenoxy) is 1. The van der Waals surface area contributed by atoms with Crippen molar-refractivity contribution in [2.24, 2.45) is 5.92 Å². The molecule has 118 valence electrons. The molecule has 1 fully saturated rings. The highest BCUT2D eigenvalue weighted by Gasteiger charge is 2.27. The Morgan fingerprint density at radius 3 is 2.90 bits per heavy atom. The fourth-order valence-electron chi connectivity index (χ4n) is 2.38. The van der Waals surface area contributed by atoms with Gasteiger partial charge in [0.25, 0.3) is 0 Å². The Kier molecular flexibility index (Phi) is 5.62. The number of hydrogen-bond acceptors (Lipinski definition) is 4. The van der Waals surface area contributed by atoms with E-state index in [1.165, 1.54) is 0 Å².